The number of nitrogens with zero attached hydrogens (tertiary/aromatic N) is 1. The number of alkyl halides is 3. The average molecular weight is 588 g/mol. The molecule has 1 saturated heterocycles. The Labute approximate surface area is 245 Å². The van der Waals surface area contributed by atoms with Gasteiger partial charge in [0, 0.05) is 58.9 Å². The number of hydrogen-bond donors (Lipinski definition) is 5. The van der Waals surface area contributed by atoms with Gasteiger partial charge in [0.1, 0.15) is 0 Å². The number of aliphatic hydroxyl groups excluding tert-OH is 1. The van der Waals surface area contributed by atoms with Crippen molar-refractivity contribution in [3.63, 3.8) is 0 Å². The van der Waals surface area contributed by atoms with Crippen LogP contribution in [-0.2, 0) is 11.0 Å². The first-order valence-electron chi connectivity index (χ1n) is 13.8. The summed E-state index contributed by atoms with van der Waals surface area (Å²) in [5.41, 5.74) is 3.75. The molecule has 2 aliphatic heterocycles. The molecule has 4 aromatic rings. The second kappa shape index (κ2) is 11.3. The molecule has 1 fully saturated rings. The molecule has 0 radical (unpaired) electrons. The monoisotopic (exact) mass is 587 g/mol. The van der Waals surface area contributed by atoms with Crippen LogP contribution in [0.1, 0.15) is 40.0 Å². The van der Waals surface area contributed by atoms with Crippen molar-refractivity contribution in [1.82, 2.24) is 4.98 Å². The Morgan fingerprint density at radius 2 is 1.72 bits per heavy atom. The van der Waals surface area contributed by atoms with E-state index in [0.29, 0.717) is 54.3 Å². The van der Waals surface area contributed by atoms with Crippen molar-refractivity contribution < 1.29 is 27.9 Å². The third-order valence-electron chi connectivity index (χ3n) is 7.47. The molecule has 0 unspecified atom stereocenters. The van der Waals surface area contributed by atoms with Crippen LogP contribution < -0.4 is 20.9 Å². The van der Waals surface area contributed by atoms with E-state index in [-0.39, 0.29) is 17.2 Å². The fourth-order valence-electron chi connectivity index (χ4n) is 5.26. The minimum absolute atomic E-state index is 0.119. The first kappa shape index (κ1) is 28.1. The van der Waals surface area contributed by atoms with Crippen molar-refractivity contribution in [1.29, 1.82) is 0 Å². The van der Waals surface area contributed by atoms with Gasteiger partial charge in [-0.2, -0.15) is 13.2 Å². The van der Waals surface area contributed by atoms with Crippen LogP contribution in [-0.4, -0.2) is 41.1 Å². The molecule has 8 nitrogen and oxygen atoms in total. The van der Waals surface area contributed by atoms with Gasteiger partial charge in [-0.1, -0.05) is 12.1 Å². The molecular formula is C32H28F3N5O3. The van der Waals surface area contributed by atoms with Crippen molar-refractivity contribution in [2.75, 3.05) is 33.9 Å². The Morgan fingerprint density at radius 1 is 0.953 bits per heavy atom. The van der Waals surface area contributed by atoms with E-state index in [1.54, 1.807) is 47.5 Å². The van der Waals surface area contributed by atoms with E-state index < -0.39 is 23.8 Å². The average Bonchev–Trinajstić information content (AvgIpc) is 3.60. The van der Waals surface area contributed by atoms with Crippen LogP contribution in [0.3, 0.4) is 0 Å². The maximum atomic E-state index is 13.7. The SMILES string of the molecule is O=C1Nc2cc(Nc3cccc(NC(=O)c4cc(N5CCC(O)CC5)cc(C(F)(F)F)c4)c3)ccc2C1=Cc1ccc[nH]1. The number of rotatable bonds is 6. The van der Waals surface area contributed by atoms with Crippen LogP contribution in [0.5, 0.6) is 0 Å². The quantitative estimate of drug-likeness (QED) is 0.166. The van der Waals surface area contributed by atoms with Crippen molar-refractivity contribution in [2.24, 2.45) is 0 Å². The molecule has 3 heterocycles. The molecule has 1 aromatic heterocycles. The number of aliphatic hydroxyl groups is 1. The largest absolute Gasteiger partial charge is 0.416 e. The number of anilines is 5. The summed E-state index contributed by atoms with van der Waals surface area (Å²) in [5.74, 6) is -0.884. The predicted octanol–water partition coefficient (Wildman–Crippen LogP) is 6.48. The van der Waals surface area contributed by atoms with Crippen molar-refractivity contribution in [2.45, 2.75) is 25.1 Å². The number of benzene rings is 3. The summed E-state index contributed by atoms with van der Waals surface area (Å²) in [6.45, 7) is 0.794. The molecule has 0 bridgehead atoms. The number of nitrogens with one attached hydrogen (secondary N) is 4. The molecule has 2 amide bonds. The first-order chi connectivity index (χ1) is 20.6. The maximum absolute atomic E-state index is 13.7. The molecule has 2 aliphatic rings. The topological polar surface area (TPSA) is 109 Å². The van der Waals surface area contributed by atoms with E-state index in [4.69, 9.17) is 0 Å². The summed E-state index contributed by atoms with van der Waals surface area (Å²) in [7, 11) is 0. The van der Waals surface area contributed by atoms with Gasteiger partial charge >= 0.3 is 6.18 Å². The summed E-state index contributed by atoms with van der Waals surface area (Å²) in [6, 6.07) is 19.3. The number of fused-ring (bicyclic) bond motifs is 1. The van der Waals surface area contributed by atoms with Gasteiger partial charge in [0.25, 0.3) is 11.8 Å². The van der Waals surface area contributed by atoms with E-state index in [9.17, 15) is 27.9 Å². The van der Waals surface area contributed by atoms with Gasteiger partial charge in [0.05, 0.1) is 22.9 Å². The van der Waals surface area contributed by atoms with Crippen LogP contribution in [0.2, 0.25) is 0 Å². The molecule has 0 aliphatic carbocycles. The molecule has 11 heteroatoms. The van der Waals surface area contributed by atoms with E-state index in [1.165, 1.54) is 6.07 Å². The molecule has 3 aromatic carbocycles. The molecule has 43 heavy (non-hydrogen) atoms. The van der Waals surface area contributed by atoms with Crippen molar-refractivity contribution in [3.8, 4) is 0 Å². The smallest absolute Gasteiger partial charge is 0.393 e. The zero-order chi connectivity index (χ0) is 30.1. The van der Waals surface area contributed by atoms with E-state index >= 15 is 0 Å². The van der Waals surface area contributed by atoms with Gasteiger partial charge in [-0.25, -0.2) is 0 Å². The fraction of sp³-hybridized carbons (Fsp3) is 0.188. The molecule has 0 spiro atoms. The summed E-state index contributed by atoms with van der Waals surface area (Å²) < 4.78 is 41.1. The number of H-pyrrole nitrogens is 1. The normalized spacial score (nSPS) is 16.2. The number of halogens is 3. The predicted molar refractivity (Wildman–Crippen MR) is 160 cm³/mol. The summed E-state index contributed by atoms with van der Waals surface area (Å²) in [6.07, 6.45) is -0.657. The summed E-state index contributed by atoms with van der Waals surface area (Å²) >= 11 is 0. The minimum atomic E-state index is -4.63. The third-order valence-corrected chi connectivity index (χ3v) is 7.47. The Kier molecular flexibility index (Phi) is 7.41. The fourth-order valence-corrected chi connectivity index (χ4v) is 5.26. The molecule has 6 rings (SSSR count). The Morgan fingerprint density at radius 3 is 2.47 bits per heavy atom. The first-order valence-corrected chi connectivity index (χ1v) is 13.8. The number of carbonyl (C=O) groups is 2. The highest BCUT2D eigenvalue weighted by Crippen LogP contribution is 2.36. The number of aromatic amines is 1. The minimum Gasteiger partial charge on any atom is -0.393 e. The second-order valence-corrected chi connectivity index (χ2v) is 10.5. The van der Waals surface area contributed by atoms with Crippen LogP contribution in [0.25, 0.3) is 11.6 Å². The molecule has 5 N–H and O–H groups in total. The van der Waals surface area contributed by atoms with Crippen LogP contribution in [0.4, 0.5) is 41.6 Å². The van der Waals surface area contributed by atoms with Crippen LogP contribution >= 0.6 is 0 Å². The zero-order valence-electron chi connectivity index (χ0n) is 22.8. The third kappa shape index (κ3) is 6.26. The standard InChI is InChI=1S/C32H28F3N5O3/c33-32(34,35)20-13-19(14-25(15-20)40-11-8-26(41)9-12-40)30(42)38-23-4-1-3-22(16-23)37-24-6-7-27-28(17-21-5-2-10-36-21)31(43)39-29(27)18-24/h1-7,10,13-18,26,36-37,41H,8-9,11-12H2,(H,38,42)(H,39,43). The molecule has 0 saturated carbocycles. The Balaban J connectivity index is 1.19. The van der Waals surface area contributed by atoms with Gasteiger partial charge in [0.2, 0.25) is 0 Å². The lowest BCUT2D eigenvalue weighted by atomic mass is 10.0. The van der Waals surface area contributed by atoms with Gasteiger partial charge in [-0.05, 0) is 79.6 Å². The van der Waals surface area contributed by atoms with E-state index in [0.717, 1.165) is 23.4 Å². The summed E-state index contributed by atoms with van der Waals surface area (Å²) in [4.78, 5) is 30.5. The zero-order valence-corrected chi connectivity index (χ0v) is 22.8. The Hall–Kier alpha value is -5.03. The van der Waals surface area contributed by atoms with Crippen LogP contribution in [0.15, 0.2) is 79.0 Å². The maximum Gasteiger partial charge on any atom is 0.416 e. The number of piperidine rings is 1. The molecule has 220 valence electrons. The Bertz CT molecular complexity index is 1710. The number of hydrogen-bond acceptors (Lipinski definition) is 5. The van der Waals surface area contributed by atoms with E-state index in [1.807, 2.05) is 24.3 Å². The number of amides is 2. The highest BCUT2D eigenvalue weighted by molar-refractivity contribution is 6.35. The van der Waals surface area contributed by atoms with Crippen LogP contribution in [0, 0.1) is 0 Å². The lowest BCUT2D eigenvalue weighted by Gasteiger charge is -2.32. The highest BCUT2D eigenvalue weighted by Gasteiger charge is 2.33. The van der Waals surface area contributed by atoms with E-state index in [2.05, 4.69) is 20.9 Å². The van der Waals surface area contributed by atoms with Crippen molar-refractivity contribution >= 4 is 51.9 Å². The van der Waals surface area contributed by atoms with Gasteiger partial charge in [-0.15, -0.1) is 0 Å². The highest BCUT2D eigenvalue weighted by atomic mass is 19.4. The lowest BCUT2D eigenvalue weighted by molar-refractivity contribution is -0.137. The number of carbonyl (C=O) groups excluding carboxylic acids is 2. The summed E-state index contributed by atoms with van der Waals surface area (Å²) in [5, 5.41) is 18.6. The second-order valence-electron chi connectivity index (χ2n) is 10.5. The van der Waals surface area contributed by atoms with Gasteiger partial charge in [-0.3, -0.25) is 9.59 Å². The number of aromatic nitrogens is 1. The van der Waals surface area contributed by atoms with Gasteiger partial charge in [0.15, 0.2) is 0 Å². The van der Waals surface area contributed by atoms with Crippen molar-refractivity contribution in [3.05, 3.63) is 101 Å². The lowest BCUT2D eigenvalue weighted by Crippen LogP contribution is -2.36. The molecule has 0 atom stereocenters. The van der Waals surface area contributed by atoms with Gasteiger partial charge < -0.3 is 30.9 Å². The molecular weight excluding hydrogens is 559 g/mol.